The van der Waals surface area contributed by atoms with E-state index in [4.69, 9.17) is 5.73 Å². The van der Waals surface area contributed by atoms with Crippen LogP contribution in [0.1, 0.15) is 25.7 Å². The van der Waals surface area contributed by atoms with Crippen LogP contribution in [-0.4, -0.2) is 43.1 Å². The van der Waals surface area contributed by atoms with Gasteiger partial charge in [0.25, 0.3) is 0 Å². The molecule has 2 heterocycles. The van der Waals surface area contributed by atoms with Crippen LogP contribution in [0.25, 0.3) is 10.2 Å². The van der Waals surface area contributed by atoms with Crippen molar-refractivity contribution in [3.8, 4) is 0 Å². The number of nitrogens with one attached hydrogen (secondary N) is 1. The Balaban J connectivity index is 1.69. The summed E-state index contributed by atoms with van der Waals surface area (Å²) in [7, 11) is -1.45. The molecule has 0 spiro atoms. The molecule has 0 atom stereocenters. The number of anilines is 2. The molecule has 2 aromatic rings. The molecule has 0 aromatic carbocycles. The third-order valence-electron chi connectivity index (χ3n) is 4.59. The number of pyridine rings is 1. The van der Waals surface area contributed by atoms with Gasteiger partial charge in [0.2, 0.25) is 10.0 Å². The van der Waals surface area contributed by atoms with Crippen LogP contribution in [0.2, 0.25) is 0 Å². The normalized spacial score (nSPS) is 22.6. The zero-order valence-corrected chi connectivity index (χ0v) is 15.0. The Labute approximate surface area is 140 Å². The number of nitrogens with zero attached hydrogens (tertiary/aromatic N) is 2. The molecule has 1 saturated carbocycles. The molecule has 6 nitrogen and oxygen atoms in total. The molecule has 1 fully saturated rings. The molecule has 1 aliphatic carbocycles. The second kappa shape index (κ2) is 6.26. The Morgan fingerprint density at radius 2 is 2.04 bits per heavy atom. The first-order chi connectivity index (χ1) is 10.9. The van der Waals surface area contributed by atoms with Crippen LogP contribution >= 0.6 is 11.3 Å². The molecule has 0 saturated heterocycles. The number of nitrogens with two attached hydrogens (primary N) is 1. The van der Waals surface area contributed by atoms with Gasteiger partial charge in [0, 0.05) is 19.1 Å². The summed E-state index contributed by atoms with van der Waals surface area (Å²) in [5.74, 6) is 0. The number of hydrogen-bond donors (Lipinski definition) is 2. The summed E-state index contributed by atoms with van der Waals surface area (Å²) in [5, 5.41) is 5.57. The summed E-state index contributed by atoms with van der Waals surface area (Å²) in [6.45, 7) is 0. The van der Waals surface area contributed by atoms with Crippen LogP contribution in [0, 0.1) is 0 Å². The van der Waals surface area contributed by atoms with E-state index in [0.29, 0.717) is 11.7 Å². The SMILES string of the molecule is CN([C@H]1CC[C@H](Nc2c(N)cnc3ccsc23)CC1)S(C)(=O)=O. The highest BCUT2D eigenvalue weighted by atomic mass is 32.2. The lowest BCUT2D eigenvalue weighted by molar-refractivity contribution is 0.276. The number of hydrogen-bond acceptors (Lipinski definition) is 6. The fourth-order valence-corrected chi connectivity index (χ4v) is 4.76. The molecule has 0 unspecified atom stereocenters. The molecule has 0 bridgehead atoms. The second-order valence-electron chi connectivity index (χ2n) is 6.15. The molecule has 2 aromatic heterocycles. The number of nitrogen functional groups attached to an aromatic ring is 1. The molecule has 3 N–H and O–H groups in total. The van der Waals surface area contributed by atoms with Gasteiger partial charge in [0.1, 0.15) is 0 Å². The predicted octanol–water partition coefficient (Wildman–Crippen LogP) is 2.49. The zero-order valence-electron chi connectivity index (χ0n) is 13.3. The van der Waals surface area contributed by atoms with Gasteiger partial charge in [-0.1, -0.05) is 0 Å². The fourth-order valence-electron chi connectivity index (χ4n) is 3.13. The van der Waals surface area contributed by atoms with Gasteiger partial charge in [-0.25, -0.2) is 12.7 Å². The third-order valence-corrected chi connectivity index (χ3v) is 6.85. The van der Waals surface area contributed by atoms with Gasteiger partial charge in [-0.2, -0.15) is 0 Å². The number of thiophene rings is 1. The zero-order chi connectivity index (χ0) is 16.6. The second-order valence-corrected chi connectivity index (χ2v) is 9.11. The first kappa shape index (κ1) is 16.5. The van der Waals surface area contributed by atoms with Crippen molar-refractivity contribution in [2.24, 2.45) is 0 Å². The Kier molecular flexibility index (Phi) is 4.48. The van der Waals surface area contributed by atoms with Gasteiger partial charge >= 0.3 is 0 Å². The standard InChI is InChI=1S/C15H22N4O2S2/c1-19(23(2,20)21)11-5-3-10(4-6-11)18-14-12(16)9-17-13-7-8-22-15(13)14/h7-11H,3-6,16H2,1-2H3,(H,17,18)/t10-,11-. The molecule has 126 valence electrons. The first-order valence-corrected chi connectivity index (χ1v) is 10.4. The first-order valence-electron chi connectivity index (χ1n) is 7.67. The van der Waals surface area contributed by atoms with E-state index >= 15 is 0 Å². The van der Waals surface area contributed by atoms with Crippen molar-refractivity contribution in [2.75, 3.05) is 24.4 Å². The van der Waals surface area contributed by atoms with Crippen molar-refractivity contribution in [1.29, 1.82) is 0 Å². The van der Waals surface area contributed by atoms with E-state index in [-0.39, 0.29) is 6.04 Å². The van der Waals surface area contributed by atoms with Gasteiger partial charge in [0.15, 0.2) is 0 Å². The monoisotopic (exact) mass is 354 g/mol. The summed E-state index contributed by atoms with van der Waals surface area (Å²) >= 11 is 1.63. The summed E-state index contributed by atoms with van der Waals surface area (Å²) in [6.07, 6.45) is 6.54. The lowest BCUT2D eigenvalue weighted by atomic mass is 9.91. The average Bonchev–Trinajstić information content (AvgIpc) is 2.98. The molecule has 8 heteroatoms. The smallest absolute Gasteiger partial charge is 0.211 e. The van der Waals surface area contributed by atoms with Crippen LogP contribution < -0.4 is 11.1 Å². The quantitative estimate of drug-likeness (QED) is 0.881. The van der Waals surface area contributed by atoms with Crippen LogP contribution in [0.5, 0.6) is 0 Å². The van der Waals surface area contributed by atoms with E-state index in [9.17, 15) is 8.42 Å². The van der Waals surface area contributed by atoms with E-state index in [1.807, 2.05) is 11.4 Å². The predicted molar refractivity (Wildman–Crippen MR) is 96.3 cm³/mol. The van der Waals surface area contributed by atoms with E-state index in [1.54, 1.807) is 24.6 Å². The highest BCUT2D eigenvalue weighted by Gasteiger charge is 2.28. The molecular weight excluding hydrogens is 332 g/mol. The minimum atomic E-state index is -3.12. The highest BCUT2D eigenvalue weighted by molar-refractivity contribution is 7.88. The number of rotatable bonds is 4. The third kappa shape index (κ3) is 3.44. The Morgan fingerprint density at radius 1 is 1.35 bits per heavy atom. The van der Waals surface area contributed by atoms with Crippen molar-refractivity contribution in [2.45, 2.75) is 37.8 Å². The van der Waals surface area contributed by atoms with Crippen molar-refractivity contribution in [1.82, 2.24) is 9.29 Å². The summed E-state index contributed by atoms with van der Waals surface area (Å²) < 4.78 is 25.9. The average molecular weight is 355 g/mol. The lowest BCUT2D eigenvalue weighted by Crippen LogP contribution is -2.41. The maximum absolute atomic E-state index is 11.7. The lowest BCUT2D eigenvalue weighted by Gasteiger charge is -2.34. The largest absolute Gasteiger partial charge is 0.396 e. The van der Waals surface area contributed by atoms with E-state index in [1.165, 1.54) is 10.6 Å². The van der Waals surface area contributed by atoms with Crippen molar-refractivity contribution < 1.29 is 8.42 Å². The van der Waals surface area contributed by atoms with Gasteiger partial charge in [-0.15, -0.1) is 11.3 Å². The van der Waals surface area contributed by atoms with E-state index in [2.05, 4.69) is 10.3 Å². The minimum absolute atomic E-state index is 0.0968. The minimum Gasteiger partial charge on any atom is -0.396 e. The topological polar surface area (TPSA) is 88.3 Å². The molecule has 0 aliphatic heterocycles. The van der Waals surface area contributed by atoms with Crippen molar-refractivity contribution in [3.63, 3.8) is 0 Å². The Morgan fingerprint density at radius 3 is 2.70 bits per heavy atom. The van der Waals surface area contributed by atoms with E-state index < -0.39 is 10.0 Å². The molecule has 0 radical (unpaired) electrons. The van der Waals surface area contributed by atoms with Gasteiger partial charge in [-0.3, -0.25) is 4.98 Å². The summed E-state index contributed by atoms with van der Waals surface area (Å²) in [5.41, 5.74) is 8.67. The Hall–Kier alpha value is -1.38. The molecule has 1 aliphatic rings. The Bertz CT molecular complexity index is 795. The summed E-state index contributed by atoms with van der Waals surface area (Å²) in [6, 6.07) is 2.40. The van der Waals surface area contributed by atoms with Crippen LogP contribution in [0.3, 0.4) is 0 Å². The van der Waals surface area contributed by atoms with E-state index in [0.717, 1.165) is 41.6 Å². The van der Waals surface area contributed by atoms with Crippen LogP contribution in [-0.2, 0) is 10.0 Å². The van der Waals surface area contributed by atoms with Gasteiger partial charge < -0.3 is 11.1 Å². The van der Waals surface area contributed by atoms with Crippen molar-refractivity contribution in [3.05, 3.63) is 17.6 Å². The van der Waals surface area contributed by atoms with Crippen molar-refractivity contribution >= 4 is 43.0 Å². The number of sulfonamides is 1. The molecule has 23 heavy (non-hydrogen) atoms. The van der Waals surface area contributed by atoms with Gasteiger partial charge in [0.05, 0.1) is 34.0 Å². The molecule has 3 rings (SSSR count). The maximum Gasteiger partial charge on any atom is 0.211 e. The molecule has 0 amide bonds. The van der Waals surface area contributed by atoms with Crippen LogP contribution in [0.15, 0.2) is 17.6 Å². The number of fused-ring (bicyclic) bond motifs is 1. The highest BCUT2D eigenvalue weighted by Crippen LogP contribution is 2.34. The summed E-state index contributed by atoms with van der Waals surface area (Å²) in [4.78, 5) is 4.33. The molecular formula is C15H22N4O2S2. The fraction of sp³-hybridized carbons (Fsp3) is 0.533. The maximum atomic E-state index is 11.7. The number of aromatic nitrogens is 1. The van der Waals surface area contributed by atoms with Gasteiger partial charge in [-0.05, 0) is 37.1 Å². The van der Waals surface area contributed by atoms with Crippen LogP contribution in [0.4, 0.5) is 11.4 Å².